The molecule has 0 fully saturated rings. The lowest BCUT2D eigenvalue weighted by atomic mass is 10.0. The molecule has 2 N–H and O–H groups in total. The first kappa shape index (κ1) is 18.1. The van der Waals surface area contributed by atoms with Crippen LogP contribution in [0.3, 0.4) is 0 Å². The summed E-state index contributed by atoms with van der Waals surface area (Å²) in [4.78, 5) is 8.70. The van der Waals surface area contributed by atoms with Crippen molar-refractivity contribution in [1.29, 1.82) is 0 Å². The molecule has 1 heterocycles. The van der Waals surface area contributed by atoms with E-state index in [1.807, 2.05) is 18.2 Å². The van der Waals surface area contributed by atoms with Crippen molar-refractivity contribution < 1.29 is 8.42 Å². The maximum atomic E-state index is 11.3. The first-order valence-electron chi connectivity index (χ1n) is 8.37. The van der Waals surface area contributed by atoms with Crippen LogP contribution in [0.5, 0.6) is 0 Å². The molecule has 0 spiro atoms. The van der Waals surface area contributed by atoms with Crippen molar-refractivity contribution in [3.8, 4) is 0 Å². The smallest absolute Gasteiger partial charge is 0.229 e. The van der Waals surface area contributed by atoms with Crippen LogP contribution < -0.4 is 10.0 Å². The topological polar surface area (TPSA) is 84.0 Å². The zero-order chi connectivity index (χ0) is 18.7. The summed E-state index contributed by atoms with van der Waals surface area (Å²) in [6, 6.07) is 13.5. The highest BCUT2D eigenvalue weighted by Gasteiger charge is 2.07. The predicted molar refractivity (Wildman–Crippen MR) is 106 cm³/mol. The number of nitrogens with zero attached hydrogens (tertiary/aromatic N) is 2. The van der Waals surface area contributed by atoms with Gasteiger partial charge in [0, 0.05) is 17.6 Å². The van der Waals surface area contributed by atoms with Crippen molar-refractivity contribution in [2.45, 2.75) is 26.3 Å². The van der Waals surface area contributed by atoms with Crippen LogP contribution in [0.4, 0.5) is 11.5 Å². The molecule has 0 unspecified atom stereocenters. The molecule has 1 aromatic heterocycles. The van der Waals surface area contributed by atoms with Gasteiger partial charge in [-0.3, -0.25) is 4.72 Å². The van der Waals surface area contributed by atoms with E-state index in [0.29, 0.717) is 18.2 Å². The third-order valence-electron chi connectivity index (χ3n) is 4.04. The van der Waals surface area contributed by atoms with Crippen molar-refractivity contribution in [1.82, 2.24) is 9.97 Å². The number of hydrogen-bond acceptors (Lipinski definition) is 5. The first-order chi connectivity index (χ1) is 12.3. The van der Waals surface area contributed by atoms with E-state index in [9.17, 15) is 8.42 Å². The van der Waals surface area contributed by atoms with E-state index in [1.165, 1.54) is 5.56 Å². The number of nitrogens with one attached hydrogen (secondary N) is 2. The Bertz CT molecular complexity index is 1020. The Balaban J connectivity index is 1.78. The third kappa shape index (κ3) is 4.49. The quantitative estimate of drug-likeness (QED) is 0.690. The molecule has 0 aliphatic rings. The van der Waals surface area contributed by atoms with Crippen molar-refractivity contribution in [3.63, 3.8) is 0 Å². The van der Waals surface area contributed by atoms with Gasteiger partial charge in [0.1, 0.15) is 12.1 Å². The monoisotopic (exact) mass is 370 g/mol. The molecule has 0 aliphatic heterocycles. The average Bonchev–Trinajstić information content (AvgIpc) is 2.59. The van der Waals surface area contributed by atoms with Gasteiger partial charge in [-0.15, -0.1) is 0 Å². The number of fused-ring (bicyclic) bond motifs is 1. The second kappa shape index (κ2) is 7.29. The summed E-state index contributed by atoms with van der Waals surface area (Å²) in [6.07, 6.45) is 2.69. The zero-order valence-corrected chi connectivity index (χ0v) is 15.8. The van der Waals surface area contributed by atoms with Crippen molar-refractivity contribution in [2.75, 3.05) is 16.3 Å². The second-order valence-electron chi connectivity index (χ2n) is 6.58. The minimum Gasteiger partial charge on any atom is -0.365 e. The Kier molecular flexibility index (Phi) is 5.08. The largest absolute Gasteiger partial charge is 0.365 e. The summed E-state index contributed by atoms with van der Waals surface area (Å²) in [7, 11) is -3.26. The fourth-order valence-corrected chi connectivity index (χ4v) is 3.23. The minimum absolute atomic E-state index is 0.433. The summed E-state index contributed by atoms with van der Waals surface area (Å²) < 4.78 is 25.0. The fourth-order valence-electron chi connectivity index (χ4n) is 2.66. The van der Waals surface area contributed by atoms with Crippen molar-refractivity contribution >= 4 is 32.4 Å². The van der Waals surface area contributed by atoms with Crippen LogP contribution in [0, 0.1) is 0 Å². The Morgan fingerprint density at radius 3 is 2.42 bits per heavy atom. The van der Waals surface area contributed by atoms with Crippen LogP contribution in [-0.2, 0) is 16.6 Å². The summed E-state index contributed by atoms with van der Waals surface area (Å²) in [5, 5.41) is 4.34. The van der Waals surface area contributed by atoms with Crippen molar-refractivity contribution in [2.24, 2.45) is 0 Å². The van der Waals surface area contributed by atoms with Gasteiger partial charge in [0.15, 0.2) is 0 Å². The van der Waals surface area contributed by atoms with Crippen LogP contribution in [0.25, 0.3) is 10.9 Å². The van der Waals surface area contributed by atoms with Crippen LogP contribution in [0.15, 0.2) is 48.8 Å². The van der Waals surface area contributed by atoms with Gasteiger partial charge >= 0.3 is 0 Å². The Hall–Kier alpha value is -2.67. The lowest BCUT2D eigenvalue weighted by molar-refractivity contribution is 0.607. The van der Waals surface area contributed by atoms with E-state index < -0.39 is 10.0 Å². The molecule has 2 aromatic carbocycles. The van der Waals surface area contributed by atoms with Crippen molar-refractivity contribution in [3.05, 3.63) is 59.9 Å². The normalized spacial score (nSPS) is 11.7. The highest BCUT2D eigenvalue weighted by Crippen LogP contribution is 2.25. The SMILES string of the molecule is CC(C)c1ccc2ncnc(NCc3ccc(NS(C)(=O)=O)cc3)c2c1. The maximum absolute atomic E-state index is 11.3. The number of benzene rings is 2. The van der Waals surface area contributed by atoms with E-state index >= 15 is 0 Å². The molecule has 0 saturated carbocycles. The number of aromatic nitrogens is 2. The Morgan fingerprint density at radius 2 is 1.77 bits per heavy atom. The van der Waals surface area contributed by atoms with E-state index in [1.54, 1.807) is 18.5 Å². The average molecular weight is 370 g/mol. The van der Waals surface area contributed by atoms with Crippen LogP contribution in [-0.4, -0.2) is 24.6 Å². The second-order valence-corrected chi connectivity index (χ2v) is 8.33. The molecule has 7 heteroatoms. The standard InChI is InChI=1S/C19H22N4O2S/c1-13(2)15-6-9-18-17(10-15)19(22-12-21-18)20-11-14-4-7-16(8-5-14)23-26(3,24)25/h4-10,12-13,23H,11H2,1-3H3,(H,20,21,22). The maximum Gasteiger partial charge on any atom is 0.229 e. The molecule has 0 bridgehead atoms. The number of hydrogen-bond donors (Lipinski definition) is 2. The van der Waals surface area contributed by atoms with Gasteiger partial charge in [0.2, 0.25) is 10.0 Å². The molecule has 0 radical (unpaired) electrons. The molecular weight excluding hydrogens is 348 g/mol. The molecular formula is C19H22N4O2S. The van der Waals surface area contributed by atoms with E-state index in [4.69, 9.17) is 0 Å². The molecule has 6 nitrogen and oxygen atoms in total. The fraction of sp³-hybridized carbons (Fsp3) is 0.263. The van der Waals surface area contributed by atoms with E-state index in [2.05, 4.69) is 46.0 Å². The lowest BCUT2D eigenvalue weighted by Gasteiger charge is -2.11. The molecule has 0 amide bonds. The van der Waals surface area contributed by atoms with Gasteiger partial charge < -0.3 is 5.32 Å². The van der Waals surface area contributed by atoms with Crippen LogP contribution in [0.1, 0.15) is 30.9 Å². The Labute approximate surface area is 153 Å². The first-order valence-corrected chi connectivity index (χ1v) is 10.3. The summed E-state index contributed by atoms with van der Waals surface area (Å²) in [5.74, 6) is 1.22. The molecule has 0 aliphatic carbocycles. The molecule has 136 valence electrons. The highest BCUT2D eigenvalue weighted by molar-refractivity contribution is 7.92. The highest BCUT2D eigenvalue weighted by atomic mass is 32.2. The van der Waals surface area contributed by atoms with Crippen LogP contribution >= 0.6 is 0 Å². The zero-order valence-electron chi connectivity index (χ0n) is 15.0. The number of rotatable bonds is 6. The third-order valence-corrected chi connectivity index (χ3v) is 4.65. The molecule has 3 rings (SSSR count). The van der Waals surface area contributed by atoms with E-state index in [0.717, 1.165) is 28.5 Å². The molecule has 26 heavy (non-hydrogen) atoms. The minimum atomic E-state index is -3.26. The van der Waals surface area contributed by atoms with Gasteiger partial charge in [-0.1, -0.05) is 32.0 Å². The summed E-state index contributed by atoms with van der Waals surface area (Å²) in [6.45, 7) is 4.89. The van der Waals surface area contributed by atoms with Crippen LogP contribution in [0.2, 0.25) is 0 Å². The summed E-state index contributed by atoms with van der Waals surface area (Å²) in [5.41, 5.74) is 3.72. The lowest BCUT2D eigenvalue weighted by Crippen LogP contribution is -2.09. The number of sulfonamides is 1. The Morgan fingerprint density at radius 1 is 1.04 bits per heavy atom. The van der Waals surface area contributed by atoms with Gasteiger partial charge in [-0.25, -0.2) is 18.4 Å². The molecule has 0 saturated heterocycles. The van der Waals surface area contributed by atoms with Gasteiger partial charge in [-0.2, -0.15) is 0 Å². The molecule has 3 aromatic rings. The predicted octanol–water partition coefficient (Wildman–Crippen LogP) is 3.74. The van der Waals surface area contributed by atoms with Gasteiger partial charge in [0.05, 0.1) is 11.8 Å². The number of anilines is 2. The molecule has 0 atom stereocenters. The summed E-state index contributed by atoms with van der Waals surface area (Å²) >= 11 is 0. The van der Waals surface area contributed by atoms with Gasteiger partial charge in [-0.05, 0) is 41.3 Å². The van der Waals surface area contributed by atoms with Gasteiger partial charge in [0.25, 0.3) is 0 Å². The van der Waals surface area contributed by atoms with E-state index in [-0.39, 0.29) is 0 Å².